The Kier molecular flexibility index (Phi) is 3.88. The highest BCUT2D eigenvalue weighted by molar-refractivity contribution is 5.40. The minimum absolute atomic E-state index is 0.327. The zero-order valence-electron chi connectivity index (χ0n) is 11.5. The highest BCUT2D eigenvalue weighted by Gasteiger charge is 2.27. The average Bonchev–Trinajstić information content (AvgIpc) is 2.38. The molecule has 0 aliphatic carbocycles. The van der Waals surface area contributed by atoms with Crippen LogP contribution >= 0.6 is 0 Å². The minimum atomic E-state index is -0.503. The van der Waals surface area contributed by atoms with Gasteiger partial charge in [-0.3, -0.25) is 0 Å². The van der Waals surface area contributed by atoms with E-state index in [4.69, 9.17) is 0 Å². The van der Waals surface area contributed by atoms with Crippen LogP contribution in [0.1, 0.15) is 38.3 Å². The van der Waals surface area contributed by atoms with Crippen LogP contribution in [0, 0.1) is 0 Å². The van der Waals surface area contributed by atoms with Crippen molar-refractivity contribution in [1.82, 2.24) is 10.3 Å². The Morgan fingerprint density at radius 2 is 2.06 bits per heavy atom. The predicted octanol–water partition coefficient (Wildman–Crippen LogP) is 1.71. The van der Waals surface area contributed by atoms with Crippen LogP contribution in [0.15, 0.2) is 18.3 Å². The van der Waals surface area contributed by atoms with Gasteiger partial charge in [0, 0.05) is 25.3 Å². The highest BCUT2D eigenvalue weighted by Crippen LogP contribution is 2.25. The molecule has 0 bridgehead atoms. The van der Waals surface area contributed by atoms with Gasteiger partial charge in [-0.1, -0.05) is 6.07 Å². The van der Waals surface area contributed by atoms with E-state index in [1.165, 1.54) is 5.56 Å². The molecule has 0 spiro atoms. The van der Waals surface area contributed by atoms with Crippen LogP contribution in [0.4, 0.5) is 5.82 Å². The minimum Gasteiger partial charge on any atom is -0.390 e. The van der Waals surface area contributed by atoms with Gasteiger partial charge >= 0.3 is 0 Å². The number of anilines is 1. The number of nitrogens with zero attached hydrogens (tertiary/aromatic N) is 2. The van der Waals surface area contributed by atoms with E-state index in [0.717, 1.165) is 31.7 Å². The maximum atomic E-state index is 9.93. The third-order valence-corrected chi connectivity index (χ3v) is 3.87. The van der Waals surface area contributed by atoms with E-state index in [-0.39, 0.29) is 0 Å². The summed E-state index contributed by atoms with van der Waals surface area (Å²) in [5.74, 6) is 1.01. The molecule has 0 aromatic carbocycles. The van der Waals surface area contributed by atoms with Crippen molar-refractivity contribution in [3.63, 3.8) is 0 Å². The van der Waals surface area contributed by atoms with Crippen LogP contribution < -0.4 is 10.2 Å². The Labute approximate surface area is 109 Å². The molecule has 1 fully saturated rings. The van der Waals surface area contributed by atoms with Gasteiger partial charge < -0.3 is 15.3 Å². The number of aromatic nitrogens is 1. The standard InChI is InChI=1S/C14H23N3O/c1-11(15-3)12-4-5-13(16-10-12)17-8-6-14(2,18)7-9-17/h4-5,10-11,15,18H,6-9H2,1-3H3. The second-order valence-electron chi connectivity index (χ2n) is 5.44. The second kappa shape index (κ2) is 5.24. The van der Waals surface area contributed by atoms with Crippen LogP contribution in [-0.4, -0.2) is 35.8 Å². The largest absolute Gasteiger partial charge is 0.390 e. The molecule has 2 N–H and O–H groups in total. The molecule has 0 radical (unpaired) electrons. The van der Waals surface area contributed by atoms with E-state index in [0.29, 0.717) is 6.04 Å². The molecule has 1 aliphatic rings. The van der Waals surface area contributed by atoms with E-state index >= 15 is 0 Å². The molecule has 0 saturated carbocycles. The predicted molar refractivity (Wildman–Crippen MR) is 73.8 cm³/mol. The molecule has 1 aromatic heterocycles. The first-order valence-electron chi connectivity index (χ1n) is 6.62. The lowest BCUT2D eigenvalue weighted by Crippen LogP contribution is -2.42. The third-order valence-electron chi connectivity index (χ3n) is 3.87. The molecule has 4 heteroatoms. The fraction of sp³-hybridized carbons (Fsp3) is 0.643. The van der Waals surface area contributed by atoms with Gasteiger partial charge in [0.05, 0.1) is 5.60 Å². The molecule has 1 atom stereocenters. The molecule has 18 heavy (non-hydrogen) atoms. The second-order valence-corrected chi connectivity index (χ2v) is 5.44. The number of piperidine rings is 1. The summed E-state index contributed by atoms with van der Waals surface area (Å²) in [5.41, 5.74) is 0.696. The zero-order valence-corrected chi connectivity index (χ0v) is 11.5. The summed E-state index contributed by atoms with van der Waals surface area (Å²) in [4.78, 5) is 6.77. The van der Waals surface area contributed by atoms with Crippen molar-refractivity contribution in [3.8, 4) is 0 Å². The normalized spacial score (nSPS) is 20.8. The van der Waals surface area contributed by atoms with E-state index in [1.54, 1.807) is 0 Å². The smallest absolute Gasteiger partial charge is 0.128 e. The molecule has 1 aromatic rings. The fourth-order valence-corrected chi connectivity index (χ4v) is 2.22. The van der Waals surface area contributed by atoms with Crippen LogP contribution in [0.25, 0.3) is 0 Å². The van der Waals surface area contributed by atoms with Gasteiger partial charge in [-0.2, -0.15) is 0 Å². The van der Waals surface area contributed by atoms with Crippen molar-refractivity contribution in [2.75, 3.05) is 25.0 Å². The Morgan fingerprint density at radius 3 is 2.56 bits per heavy atom. The lowest BCUT2D eigenvalue weighted by Gasteiger charge is -2.36. The van der Waals surface area contributed by atoms with Crippen LogP contribution in [0.3, 0.4) is 0 Å². The Hall–Kier alpha value is -1.13. The molecule has 1 saturated heterocycles. The van der Waals surface area contributed by atoms with Crippen LogP contribution in [0.2, 0.25) is 0 Å². The van der Waals surface area contributed by atoms with Gasteiger partial charge in [0.15, 0.2) is 0 Å². The maximum absolute atomic E-state index is 9.93. The zero-order chi connectivity index (χ0) is 13.2. The summed E-state index contributed by atoms with van der Waals surface area (Å²) in [6, 6.07) is 4.52. The van der Waals surface area contributed by atoms with Gasteiger partial charge in [-0.25, -0.2) is 4.98 Å². The number of hydrogen-bond donors (Lipinski definition) is 2. The third kappa shape index (κ3) is 3.00. The number of nitrogens with one attached hydrogen (secondary N) is 1. The van der Waals surface area contributed by atoms with Crippen molar-refractivity contribution in [1.29, 1.82) is 0 Å². The van der Waals surface area contributed by atoms with Crippen molar-refractivity contribution in [2.45, 2.75) is 38.3 Å². The summed E-state index contributed by atoms with van der Waals surface area (Å²) in [6.07, 6.45) is 3.55. The number of pyridine rings is 1. The van der Waals surface area contributed by atoms with Crippen molar-refractivity contribution >= 4 is 5.82 Å². The van der Waals surface area contributed by atoms with Gasteiger partial charge in [-0.05, 0) is 45.4 Å². The SMILES string of the molecule is CNC(C)c1ccc(N2CCC(C)(O)CC2)nc1. The Bertz CT molecular complexity index is 379. The van der Waals surface area contributed by atoms with E-state index in [9.17, 15) is 5.11 Å². The number of aliphatic hydroxyl groups is 1. The fourth-order valence-electron chi connectivity index (χ4n) is 2.22. The summed E-state index contributed by atoms with van der Waals surface area (Å²) >= 11 is 0. The Balaban J connectivity index is 2.02. The Morgan fingerprint density at radius 1 is 1.39 bits per heavy atom. The quantitative estimate of drug-likeness (QED) is 0.856. The maximum Gasteiger partial charge on any atom is 0.128 e. The summed E-state index contributed by atoms with van der Waals surface area (Å²) in [6.45, 7) is 5.78. The molecular formula is C14H23N3O. The van der Waals surface area contributed by atoms with E-state index in [2.05, 4.69) is 34.3 Å². The molecule has 1 unspecified atom stereocenters. The molecule has 2 heterocycles. The van der Waals surface area contributed by atoms with Gasteiger partial charge in [-0.15, -0.1) is 0 Å². The first kappa shape index (κ1) is 13.3. The molecule has 0 amide bonds. The first-order valence-corrected chi connectivity index (χ1v) is 6.62. The van der Waals surface area contributed by atoms with Crippen LogP contribution in [-0.2, 0) is 0 Å². The molecule has 2 rings (SSSR count). The molecular weight excluding hydrogens is 226 g/mol. The van der Waals surface area contributed by atoms with E-state index < -0.39 is 5.60 Å². The average molecular weight is 249 g/mol. The molecule has 4 nitrogen and oxygen atoms in total. The summed E-state index contributed by atoms with van der Waals surface area (Å²) in [7, 11) is 1.95. The molecule has 100 valence electrons. The lowest BCUT2D eigenvalue weighted by atomic mass is 9.94. The molecule has 1 aliphatic heterocycles. The number of hydrogen-bond acceptors (Lipinski definition) is 4. The topological polar surface area (TPSA) is 48.4 Å². The summed E-state index contributed by atoms with van der Waals surface area (Å²) in [5, 5.41) is 13.1. The first-order chi connectivity index (χ1) is 8.52. The van der Waals surface area contributed by atoms with Crippen LogP contribution in [0.5, 0.6) is 0 Å². The number of rotatable bonds is 3. The monoisotopic (exact) mass is 249 g/mol. The van der Waals surface area contributed by atoms with Crippen molar-refractivity contribution in [3.05, 3.63) is 23.9 Å². The van der Waals surface area contributed by atoms with Gasteiger partial charge in [0.2, 0.25) is 0 Å². The van der Waals surface area contributed by atoms with Crippen molar-refractivity contribution in [2.24, 2.45) is 0 Å². The highest BCUT2D eigenvalue weighted by atomic mass is 16.3. The summed E-state index contributed by atoms with van der Waals surface area (Å²) < 4.78 is 0. The van der Waals surface area contributed by atoms with Gasteiger partial charge in [0.25, 0.3) is 0 Å². The van der Waals surface area contributed by atoms with E-state index in [1.807, 2.05) is 20.2 Å². The lowest BCUT2D eigenvalue weighted by molar-refractivity contribution is 0.0350. The van der Waals surface area contributed by atoms with Crippen molar-refractivity contribution < 1.29 is 5.11 Å². The van der Waals surface area contributed by atoms with Gasteiger partial charge in [0.1, 0.15) is 5.82 Å².